The van der Waals surface area contributed by atoms with Crippen LogP contribution in [0.2, 0.25) is 0 Å². The summed E-state index contributed by atoms with van der Waals surface area (Å²) in [7, 11) is -21.9. The van der Waals surface area contributed by atoms with Crippen LogP contribution in [0.15, 0.2) is 92.2 Å². The van der Waals surface area contributed by atoms with Gasteiger partial charge in [-0.2, -0.15) is 12.9 Å². The first kappa shape index (κ1) is 53.1. The van der Waals surface area contributed by atoms with Crippen molar-refractivity contribution in [1.82, 2.24) is 19.1 Å². The van der Waals surface area contributed by atoms with Gasteiger partial charge in [0.25, 0.3) is 11.1 Å². The lowest BCUT2D eigenvalue weighted by molar-refractivity contribution is -0.0596. The topological polar surface area (TPSA) is 441 Å². The Morgan fingerprint density at radius 3 is 1.46 bits per heavy atom. The molecule has 376 valence electrons. The van der Waals surface area contributed by atoms with Gasteiger partial charge < -0.3 is 59.4 Å². The molecule has 0 amide bonds. The molecule has 2 aromatic carbocycles. The molecule has 69 heavy (non-hydrogen) atoms. The van der Waals surface area contributed by atoms with Gasteiger partial charge in [0.05, 0.1) is 24.3 Å². The van der Waals surface area contributed by atoms with Gasteiger partial charge in [-0.1, -0.05) is 24.3 Å². The van der Waals surface area contributed by atoms with E-state index in [4.69, 9.17) is 18.9 Å². The smallest absolute Gasteiger partial charge is 0.453 e. The molecule has 0 spiro atoms. The summed E-state index contributed by atoms with van der Waals surface area (Å²) in [6, 6.07) is 13.4. The standard InChI is InChI=1S/C34H40N6O25P4/c1-35-19-9-5-3-7-17(19)31(45)61-27-22(60-29(26(27)44)39-13-11-23(41)37-33(39)47)16-58-67(51,52)64-69(55,56)65-68(53,54)63-66(49,50)57-15-21-25(43)28(30(59-21)40-14-12-24(42)38-34(40)48)62-32(46)18-8-4-6-10-20(18)36-2/h3-14,21-22,25-30,35-36,43-44H,15-16H2,1-2H3,(H,49,50)(H,51,52)(H,53,54)(H,55,56)(H,37,41,47)(H,38,42,48)/t21-,22-,25-,26-,27-,28-,29-,30-/m1/s1. The van der Waals surface area contributed by atoms with Crippen LogP contribution < -0.4 is 33.1 Å². The summed E-state index contributed by atoms with van der Waals surface area (Å²) in [5, 5.41) is 27.7. The molecule has 0 bridgehead atoms. The quantitative estimate of drug-likeness (QED) is 0.0398. The number of phosphoric ester groups is 2. The molecule has 10 N–H and O–H groups in total. The van der Waals surface area contributed by atoms with Crippen molar-refractivity contribution in [3.05, 3.63) is 126 Å². The number of aliphatic hydroxyl groups is 2. The maximum atomic E-state index is 13.2. The van der Waals surface area contributed by atoms with E-state index in [1.54, 1.807) is 12.1 Å². The van der Waals surface area contributed by atoms with Crippen LogP contribution in [0.3, 0.4) is 0 Å². The van der Waals surface area contributed by atoms with Crippen molar-refractivity contribution in [3.8, 4) is 0 Å². The van der Waals surface area contributed by atoms with Crippen molar-refractivity contribution in [2.75, 3.05) is 37.9 Å². The molecule has 0 saturated carbocycles. The molecular weight excluding hydrogens is 1020 g/mol. The summed E-state index contributed by atoms with van der Waals surface area (Å²) in [5.41, 5.74) is -3.58. The summed E-state index contributed by atoms with van der Waals surface area (Å²) >= 11 is 0. The molecule has 2 saturated heterocycles. The van der Waals surface area contributed by atoms with Crippen LogP contribution >= 0.6 is 31.3 Å². The van der Waals surface area contributed by atoms with Crippen LogP contribution in [0.4, 0.5) is 11.4 Å². The number of phosphoric acid groups is 4. The molecule has 2 aliphatic heterocycles. The molecule has 0 aliphatic carbocycles. The molecule has 31 nitrogen and oxygen atoms in total. The zero-order valence-electron chi connectivity index (χ0n) is 35.1. The third-order valence-electron chi connectivity index (χ3n) is 9.61. The van der Waals surface area contributed by atoms with Crippen LogP contribution in [-0.4, -0.2) is 125 Å². The Bertz CT molecular complexity index is 3000. The van der Waals surface area contributed by atoms with E-state index in [-0.39, 0.29) is 22.5 Å². The minimum absolute atomic E-state index is 0.0567. The average Bonchev–Trinajstić information content (AvgIpc) is 3.74. The van der Waals surface area contributed by atoms with Gasteiger partial charge in [0.15, 0.2) is 24.7 Å². The van der Waals surface area contributed by atoms with Crippen molar-refractivity contribution < 1.29 is 98.6 Å². The van der Waals surface area contributed by atoms with Gasteiger partial charge in [-0.05, 0) is 24.3 Å². The summed E-state index contributed by atoms with van der Waals surface area (Å²) in [6.45, 7) is -2.60. The molecule has 6 rings (SSSR count). The lowest BCUT2D eigenvalue weighted by Gasteiger charge is -2.23. The normalized spacial score (nSPS) is 25.9. The summed E-state index contributed by atoms with van der Waals surface area (Å²) in [5.74, 6) is -2.18. The van der Waals surface area contributed by atoms with E-state index in [1.165, 1.54) is 50.5 Å². The van der Waals surface area contributed by atoms with Crippen molar-refractivity contribution >= 4 is 54.6 Å². The number of aliphatic hydroxyl groups excluding tert-OH is 2. The predicted octanol–water partition coefficient (Wildman–Crippen LogP) is -0.377. The summed E-state index contributed by atoms with van der Waals surface area (Å²) in [4.78, 5) is 120. The number of H-pyrrole nitrogens is 2. The van der Waals surface area contributed by atoms with Gasteiger partial charge in [0.2, 0.25) is 0 Å². The van der Waals surface area contributed by atoms with Gasteiger partial charge in [-0.15, -0.1) is 0 Å². The Balaban J connectivity index is 1.10. The molecule has 4 aromatic rings. The Kier molecular flexibility index (Phi) is 16.5. The van der Waals surface area contributed by atoms with E-state index in [9.17, 15) is 76.8 Å². The number of anilines is 2. The van der Waals surface area contributed by atoms with E-state index < -0.39 is 128 Å². The van der Waals surface area contributed by atoms with Gasteiger partial charge in [0, 0.05) is 50.0 Å². The number of nitrogens with one attached hydrogen (secondary N) is 4. The maximum absolute atomic E-state index is 13.2. The van der Waals surface area contributed by atoms with Crippen LogP contribution in [0.25, 0.3) is 0 Å². The summed E-state index contributed by atoms with van der Waals surface area (Å²) in [6.07, 6.45) is -13.2. The number of aromatic amines is 2. The fraction of sp³-hybridized carbons (Fsp3) is 0.353. The first-order chi connectivity index (χ1) is 32.3. The maximum Gasteiger partial charge on any atom is 0.490 e. The molecular formula is C34H40N6O25P4. The highest BCUT2D eigenvalue weighted by Crippen LogP contribution is 2.71. The van der Waals surface area contributed by atoms with Crippen molar-refractivity contribution in [3.63, 3.8) is 0 Å². The van der Waals surface area contributed by atoms with E-state index in [0.29, 0.717) is 9.13 Å². The monoisotopic (exact) mass is 1060 g/mol. The molecule has 12 atom stereocenters. The van der Waals surface area contributed by atoms with Gasteiger partial charge >= 0.3 is 54.6 Å². The Labute approximate surface area is 384 Å². The highest BCUT2D eigenvalue weighted by Gasteiger charge is 2.52. The third kappa shape index (κ3) is 13.1. The molecule has 2 aromatic heterocycles. The van der Waals surface area contributed by atoms with Crippen LogP contribution in [0.1, 0.15) is 33.2 Å². The highest BCUT2D eigenvalue weighted by atomic mass is 31.3. The molecule has 0 radical (unpaired) electrons. The van der Waals surface area contributed by atoms with Crippen LogP contribution in [-0.2, 0) is 59.2 Å². The third-order valence-corrected chi connectivity index (χ3v) is 15.5. The Morgan fingerprint density at radius 2 is 1.00 bits per heavy atom. The highest BCUT2D eigenvalue weighted by molar-refractivity contribution is 7.69. The van der Waals surface area contributed by atoms with E-state index >= 15 is 0 Å². The second kappa shape index (κ2) is 21.4. The van der Waals surface area contributed by atoms with E-state index in [2.05, 4.69) is 32.6 Å². The number of nitrogens with zero attached hydrogens (tertiary/aromatic N) is 2. The van der Waals surface area contributed by atoms with Crippen LogP contribution in [0.5, 0.6) is 0 Å². The predicted molar refractivity (Wildman–Crippen MR) is 227 cm³/mol. The number of hydrogen-bond donors (Lipinski definition) is 10. The number of para-hydroxylation sites is 2. The number of aromatic nitrogens is 4. The number of carbonyl (C=O) groups excluding carboxylic acids is 2. The van der Waals surface area contributed by atoms with Crippen molar-refractivity contribution in [1.29, 1.82) is 0 Å². The average molecular weight is 1060 g/mol. The second-order valence-corrected chi connectivity index (χ2v) is 20.4. The molecule has 35 heteroatoms. The number of hydrogen-bond acceptors (Lipinski definition) is 23. The van der Waals surface area contributed by atoms with Crippen molar-refractivity contribution in [2.45, 2.75) is 49.1 Å². The molecule has 2 fully saturated rings. The zero-order valence-corrected chi connectivity index (χ0v) is 38.7. The number of rotatable bonds is 20. The van der Waals surface area contributed by atoms with Gasteiger partial charge in [0.1, 0.15) is 24.4 Å². The first-order valence-corrected chi connectivity index (χ1v) is 25.3. The molecule has 4 heterocycles. The number of benzene rings is 2. The first-order valence-electron chi connectivity index (χ1n) is 19.3. The van der Waals surface area contributed by atoms with Crippen molar-refractivity contribution in [2.24, 2.45) is 0 Å². The SMILES string of the molecule is CNc1ccccc1C(=O)O[C@@H]1[C@H](O)[C@@H](COP(=O)(O)OP(=O)(O)OP(=O)(O)OP(=O)(O)OC[C@H]2O[C@@H](n3ccc(=O)[nH]c3=O)[C@H](O)[C@@H]2OC(=O)c2ccccc2NC)O[C@H]1n1ccc(=O)[nH]c1=O. The fourth-order valence-electron chi connectivity index (χ4n) is 6.63. The number of esters is 2. The number of ether oxygens (including phenoxy) is 4. The summed E-state index contributed by atoms with van der Waals surface area (Å²) < 4.78 is 95.6. The van der Waals surface area contributed by atoms with Gasteiger partial charge in [-0.3, -0.25) is 37.7 Å². The minimum atomic E-state index is -6.41. The van der Waals surface area contributed by atoms with Gasteiger partial charge in [-0.25, -0.2) is 37.4 Å². The second-order valence-electron chi connectivity index (χ2n) is 14.2. The number of carbonyl (C=O) groups is 2. The van der Waals surface area contributed by atoms with Crippen LogP contribution in [0, 0.1) is 0 Å². The minimum Gasteiger partial charge on any atom is -0.453 e. The fourth-order valence-corrected chi connectivity index (χ4v) is 11.6. The Hall–Kier alpha value is -5.26. The zero-order chi connectivity index (χ0) is 50.6. The van der Waals surface area contributed by atoms with E-state index in [1.807, 2.05) is 9.97 Å². The molecule has 2 aliphatic rings. The largest absolute Gasteiger partial charge is 0.490 e. The Morgan fingerprint density at radius 1 is 0.594 bits per heavy atom. The van der Waals surface area contributed by atoms with E-state index in [0.717, 1.165) is 24.5 Å². The lowest BCUT2D eigenvalue weighted by Crippen LogP contribution is -2.40. The molecule has 4 unspecified atom stereocenters. The lowest BCUT2D eigenvalue weighted by atomic mass is 10.1.